The van der Waals surface area contributed by atoms with Gasteiger partial charge in [0.15, 0.2) is 6.29 Å². The summed E-state index contributed by atoms with van der Waals surface area (Å²) >= 11 is 0. The second-order valence-corrected chi connectivity index (χ2v) is 9.27. The summed E-state index contributed by atoms with van der Waals surface area (Å²) < 4.78 is 51.9. The van der Waals surface area contributed by atoms with Crippen LogP contribution >= 0.6 is 0 Å². The third-order valence-electron chi connectivity index (χ3n) is 5.19. The zero-order valence-electron chi connectivity index (χ0n) is 17.9. The Morgan fingerprint density at radius 2 is 1.67 bits per heavy atom. The number of nitrogens with one attached hydrogen (secondary N) is 2. The van der Waals surface area contributed by atoms with E-state index in [0.717, 1.165) is 23.3 Å². The number of aryl methyl sites for hydroxylation is 1. The first-order chi connectivity index (χ1) is 15.8. The van der Waals surface area contributed by atoms with Crippen molar-refractivity contribution >= 4 is 21.6 Å². The zero-order chi connectivity index (χ0) is 23.4. The predicted octanol–water partition coefficient (Wildman–Crippen LogP) is 3.91. The van der Waals surface area contributed by atoms with Gasteiger partial charge in [0.05, 0.1) is 18.1 Å². The number of rotatable bonds is 7. The van der Waals surface area contributed by atoms with E-state index in [4.69, 9.17) is 9.47 Å². The first-order valence-electron chi connectivity index (χ1n) is 10.3. The monoisotopic (exact) mass is 470 g/mol. The standard InChI is InChI=1S/C24H23FN2O5S/c1-16-2-11-21(33(29,30)27-20-9-7-19(25)8-10-20)14-22(16)23(28)26-15-17-3-5-18(6-4-17)24-31-12-13-32-24/h2-11,14,24,27H,12-13,15H2,1H3,(H,26,28). The van der Waals surface area contributed by atoms with E-state index in [1.54, 1.807) is 13.0 Å². The van der Waals surface area contributed by atoms with E-state index in [2.05, 4.69) is 10.0 Å². The number of carbonyl (C=O) groups is 1. The summed E-state index contributed by atoms with van der Waals surface area (Å²) in [7, 11) is -3.96. The molecule has 1 aliphatic rings. The van der Waals surface area contributed by atoms with Gasteiger partial charge in [-0.2, -0.15) is 0 Å². The molecule has 1 aliphatic heterocycles. The van der Waals surface area contributed by atoms with Crippen LogP contribution in [0.4, 0.5) is 10.1 Å². The van der Waals surface area contributed by atoms with Gasteiger partial charge in [0.2, 0.25) is 0 Å². The first-order valence-corrected chi connectivity index (χ1v) is 11.8. The van der Waals surface area contributed by atoms with Crippen molar-refractivity contribution in [2.75, 3.05) is 17.9 Å². The highest BCUT2D eigenvalue weighted by molar-refractivity contribution is 7.92. The fraction of sp³-hybridized carbons (Fsp3) is 0.208. The van der Waals surface area contributed by atoms with Crippen molar-refractivity contribution < 1.29 is 27.1 Å². The van der Waals surface area contributed by atoms with Gasteiger partial charge in [-0.25, -0.2) is 12.8 Å². The molecule has 3 aromatic rings. The Kier molecular flexibility index (Phi) is 6.73. The Morgan fingerprint density at radius 3 is 2.33 bits per heavy atom. The Balaban J connectivity index is 1.44. The molecular formula is C24H23FN2O5S. The van der Waals surface area contributed by atoms with E-state index in [0.29, 0.717) is 18.8 Å². The lowest BCUT2D eigenvalue weighted by Gasteiger charge is -2.13. The van der Waals surface area contributed by atoms with Crippen LogP contribution < -0.4 is 10.0 Å². The molecule has 172 valence electrons. The molecule has 4 rings (SSSR count). The van der Waals surface area contributed by atoms with Crippen LogP contribution in [0.1, 0.15) is 33.3 Å². The van der Waals surface area contributed by atoms with E-state index in [9.17, 15) is 17.6 Å². The summed E-state index contributed by atoms with van der Waals surface area (Å²) in [5, 5.41) is 2.82. The number of anilines is 1. The minimum absolute atomic E-state index is 0.0662. The van der Waals surface area contributed by atoms with Crippen molar-refractivity contribution in [2.24, 2.45) is 0 Å². The summed E-state index contributed by atoms with van der Waals surface area (Å²) in [4.78, 5) is 12.7. The Bertz CT molecular complexity index is 1240. The van der Waals surface area contributed by atoms with E-state index >= 15 is 0 Å². The average molecular weight is 471 g/mol. The van der Waals surface area contributed by atoms with Gasteiger partial charge in [-0.3, -0.25) is 9.52 Å². The summed E-state index contributed by atoms with van der Waals surface area (Å²) in [5.74, 6) is -0.861. The van der Waals surface area contributed by atoms with Gasteiger partial charge in [0.1, 0.15) is 5.82 Å². The molecule has 0 saturated carbocycles. The molecule has 1 saturated heterocycles. The number of hydrogen-bond donors (Lipinski definition) is 2. The van der Waals surface area contributed by atoms with Gasteiger partial charge >= 0.3 is 0 Å². The average Bonchev–Trinajstić information content (AvgIpc) is 3.34. The molecule has 0 unspecified atom stereocenters. The highest BCUT2D eigenvalue weighted by Gasteiger charge is 2.19. The zero-order valence-corrected chi connectivity index (χ0v) is 18.7. The van der Waals surface area contributed by atoms with Crippen molar-refractivity contribution in [3.8, 4) is 0 Å². The molecule has 0 aromatic heterocycles. The minimum Gasteiger partial charge on any atom is -0.348 e. The van der Waals surface area contributed by atoms with Gasteiger partial charge in [-0.15, -0.1) is 0 Å². The molecule has 0 radical (unpaired) electrons. The highest BCUT2D eigenvalue weighted by Crippen LogP contribution is 2.23. The van der Waals surface area contributed by atoms with Gasteiger partial charge < -0.3 is 14.8 Å². The van der Waals surface area contributed by atoms with E-state index < -0.39 is 21.7 Å². The number of sulfonamides is 1. The van der Waals surface area contributed by atoms with Crippen molar-refractivity contribution in [3.05, 3.63) is 94.8 Å². The predicted molar refractivity (Wildman–Crippen MR) is 121 cm³/mol. The molecule has 9 heteroatoms. The smallest absolute Gasteiger partial charge is 0.261 e. The topological polar surface area (TPSA) is 93.7 Å². The van der Waals surface area contributed by atoms with Crippen LogP contribution in [0.25, 0.3) is 0 Å². The minimum atomic E-state index is -3.96. The molecule has 0 aliphatic carbocycles. The summed E-state index contributed by atoms with van der Waals surface area (Å²) in [6.07, 6.45) is -0.357. The summed E-state index contributed by atoms with van der Waals surface area (Å²) in [5.41, 5.74) is 2.90. The van der Waals surface area contributed by atoms with Crippen LogP contribution in [0, 0.1) is 12.7 Å². The number of halogens is 1. The third kappa shape index (κ3) is 5.57. The van der Waals surface area contributed by atoms with Crippen LogP contribution in [0.5, 0.6) is 0 Å². The van der Waals surface area contributed by atoms with Crippen molar-refractivity contribution in [3.63, 3.8) is 0 Å². The fourth-order valence-electron chi connectivity index (χ4n) is 3.37. The molecular weight excluding hydrogens is 447 g/mol. The van der Waals surface area contributed by atoms with Crippen LogP contribution in [-0.2, 0) is 26.0 Å². The quantitative estimate of drug-likeness (QED) is 0.546. The molecule has 1 heterocycles. The molecule has 3 aromatic carbocycles. The maximum absolute atomic E-state index is 13.1. The third-order valence-corrected chi connectivity index (χ3v) is 6.57. The number of hydrogen-bond acceptors (Lipinski definition) is 5. The molecule has 2 N–H and O–H groups in total. The van der Waals surface area contributed by atoms with E-state index in [1.165, 1.54) is 24.3 Å². The number of carbonyl (C=O) groups excluding carboxylic acids is 1. The summed E-state index contributed by atoms with van der Waals surface area (Å²) in [6.45, 7) is 3.14. The molecule has 1 amide bonds. The van der Waals surface area contributed by atoms with Crippen LogP contribution in [0.3, 0.4) is 0 Å². The van der Waals surface area contributed by atoms with E-state index in [1.807, 2.05) is 24.3 Å². The lowest BCUT2D eigenvalue weighted by molar-refractivity contribution is -0.0441. The molecule has 7 nitrogen and oxygen atoms in total. The lowest BCUT2D eigenvalue weighted by atomic mass is 10.1. The van der Waals surface area contributed by atoms with Crippen molar-refractivity contribution in [1.29, 1.82) is 0 Å². The maximum Gasteiger partial charge on any atom is 0.261 e. The van der Waals surface area contributed by atoms with Crippen molar-refractivity contribution in [2.45, 2.75) is 24.7 Å². The van der Waals surface area contributed by atoms with Gasteiger partial charge in [-0.05, 0) is 54.4 Å². The number of amides is 1. The number of benzene rings is 3. The van der Waals surface area contributed by atoms with Crippen LogP contribution in [0.2, 0.25) is 0 Å². The van der Waals surface area contributed by atoms with E-state index in [-0.39, 0.29) is 29.0 Å². The highest BCUT2D eigenvalue weighted by atomic mass is 32.2. The molecule has 0 atom stereocenters. The van der Waals surface area contributed by atoms with Gasteiger partial charge in [-0.1, -0.05) is 30.3 Å². The molecule has 33 heavy (non-hydrogen) atoms. The maximum atomic E-state index is 13.1. The van der Waals surface area contributed by atoms with Crippen molar-refractivity contribution in [1.82, 2.24) is 5.32 Å². The Labute approximate surface area is 191 Å². The second kappa shape index (κ2) is 9.70. The molecule has 0 spiro atoms. The Hall–Kier alpha value is -3.27. The van der Waals surface area contributed by atoms with Gasteiger partial charge in [0, 0.05) is 23.4 Å². The SMILES string of the molecule is Cc1ccc(S(=O)(=O)Nc2ccc(F)cc2)cc1C(=O)NCc1ccc(C2OCCO2)cc1. The molecule has 0 bridgehead atoms. The Morgan fingerprint density at radius 1 is 1.00 bits per heavy atom. The summed E-state index contributed by atoms with van der Waals surface area (Å²) in [6, 6.07) is 16.8. The fourth-order valence-corrected chi connectivity index (χ4v) is 4.45. The van der Waals surface area contributed by atoms with Crippen LogP contribution in [0.15, 0.2) is 71.6 Å². The van der Waals surface area contributed by atoms with Crippen LogP contribution in [-0.4, -0.2) is 27.5 Å². The second-order valence-electron chi connectivity index (χ2n) is 7.59. The lowest BCUT2D eigenvalue weighted by Crippen LogP contribution is -2.24. The normalized spacial score (nSPS) is 14.2. The number of ether oxygens (including phenoxy) is 2. The largest absolute Gasteiger partial charge is 0.348 e. The molecule has 1 fully saturated rings. The van der Waals surface area contributed by atoms with Gasteiger partial charge in [0.25, 0.3) is 15.9 Å². The first kappa shape index (κ1) is 22.9.